The highest BCUT2D eigenvalue weighted by Crippen LogP contribution is 2.15. The van der Waals surface area contributed by atoms with E-state index in [4.69, 9.17) is 22.4 Å². The van der Waals surface area contributed by atoms with Crippen LogP contribution in [-0.2, 0) is 11.2 Å². The van der Waals surface area contributed by atoms with Gasteiger partial charge < -0.3 is 10.8 Å². The lowest BCUT2D eigenvalue weighted by atomic mass is 10.1. The summed E-state index contributed by atoms with van der Waals surface area (Å²) in [6.07, 6.45) is 1.78. The molecule has 0 aromatic carbocycles. The van der Waals surface area contributed by atoms with Crippen LogP contribution in [0, 0.1) is 6.92 Å². The number of aryl methyl sites for hydroxylation is 1. The van der Waals surface area contributed by atoms with Crippen LogP contribution in [0.2, 0.25) is 5.02 Å². The quantitative estimate of drug-likeness (QED) is 0.787. The summed E-state index contributed by atoms with van der Waals surface area (Å²) in [4.78, 5) is 14.5. The van der Waals surface area contributed by atoms with Gasteiger partial charge in [0.25, 0.3) is 0 Å². The number of aliphatic carboxylic acids is 1. The van der Waals surface area contributed by atoms with E-state index in [-0.39, 0.29) is 6.42 Å². The molecule has 0 fully saturated rings. The molecule has 0 bridgehead atoms. The van der Waals surface area contributed by atoms with E-state index in [9.17, 15) is 4.79 Å². The fourth-order valence-electron chi connectivity index (χ4n) is 1.01. The zero-order chi connectivity index (χ0) is 10.7. The van der Waals surface area contributed by atoms with E-state index in [1.807, 2.05) is 6.92 Å². The molecule has 3 N–H and O–H groups in total. The number of halogens is 1. The third-order valence-corrected chi connectivity index (χ3v) is 2.11. The van der Waals surface area contributed by atoms with Crippen LogP contribution in [0.4, 0.5) is 0 Å². The third kappa shape index (κ3) is 2.68. The second-order valence-corrected chi connectivity index (χ2v) is 3.50. The molecule has 1 aromatic heterocycles. The van der Waals surface area contributed by atoms with Crippen LogP contribution in [-0.4, -0.2) is 22.1 Å². The molecule has 0 aliphatic carbocycles. The minimum atomic E-state index is -1.05. The summed E-state index contributed by atoms with van der Waals surface area (Å²) in [5.74, 6) is -1.05. The Kier molecular flexibility index (Phi) is 3.43. The van der Waals surface area contributed by atoms with Crippen LogP contribution in [0.15, 0.2) is 12.3 Å². The molecule has 1 unspecified atom stereocenters. The van der Waals surface area contributed by atoms with E-state index in [2.05, 4.69) is 4.98 Å². The number of hydrogen-bond donors (Lipinski definition) is 2. The number of carboxylic acids is 1. The van der Waals surface area contributed by atoms with Gasteiger partial charge in [-0.2, -0.15) is 0 Å². The number of pyridine rings is 1. The third-order valence-electron chi connectivity index (χ3n) is 1.78. The second-order valence-electron chi connectivity index (χ2n) is 3.09. The lowest BCUT2D eigenvalue weighted by Crippen LogP contribution is -2.32. The fourth-order valence-corrected chi connectivity index (χ4v) is 1.31. The highest BCUT2D eigenvalue weighted by atomic mass is 35.5. The topological polar surface area (TPSA) is 76.2 Å². The predicted molar refractivity (Wildman–Crippen MR) is 53.3 cm³/mol. The van der Waals surface area contributed by atoms with Gasteiger partial charge in [-0.15, -0.1) is 0 Å². The first-order valence-corrected chi connectivity index (χ1v) is 4.48. The zero-order valence-corrected chi connectivity index (χ0v) is 8.45. The Bertz CT molecular complexity index is 355. The van der Waals surface area contributed by atoms with E-state index in [0.29, 0.717) is 10.7 Å². The molecule has 1 aromatic rings. The van der Waals surface area contributed by atoms with E-state index in [1.54, 1.807) is 12.3 Å². The van der Waals surface area contributed by atoms with Crippen LogP contribution in [0.3, 0.4) is 0 Å². The summed E-state index contributed by atoms with van der Waals surface area (Å²) in [5, 5.41) is 9.05. The van der Waals surface area contributed by atoms with Crippen molar-refractivity contribution in [3.05, 3.63) is 28.5 Å². The van der Waals surface area contributed by atoms with Crippen molar-refractivity contribution in [1.82, 2.24) is 4.98 Å². The van der Waals surface area contributed by atoms with Crippen molar-refractivity contribution in [2.45, 2.75) is 19.4 Å². The number of hydrogen-bond acceptors (Lipinski definition) is 3. The summed E-state index contributed by atoms with van der Waals surface area (Å²) in [6.45, 7) is 1.86. The lowest BCUT2D eigenvalue weighted by Gasteiger charge is -2.07. The number of carboxylic acid groups (broad SMARTS) is 1. The maximum Gasteiger partial charge on any atom is 0.320 e. The fraction of sp³-hybridized carbons (Fsp3) is 0.333. The summed E-state index contributed by atoms with van der Waals surface area (Å²) < 4.78 is 0. The van der Waals surface area contributed by atoms with Crippen molar-refractivity contribution in [3.8, 4) is 0 Å². The van der Waals surface area contributed by atoms with E-state index >= 15 is 0 Å². The predicted octanol–water partition coefficient (Wildman–Crippen LogP) is 0.998. The minimum Gasteiger partial charge on any atom is -0.480 e. The molecule has 0 aliphatic rings. The Morgan fingerprint density at radius 1 is 1.79 bits per heavy atom. The number of nitrogens with two attached hydrogens (primary N) is 1. The summed E-state index contributed by atoms with van der Waals surface area (Å²) in [5.41, 5.74) is 6.81. The molecule has 0 aliphatic heterocycles. The molecule has 0 amide bonds. The average molecular weight is 215 g/mol. The Morgan fingerprint density at radius 2 is 2.43 bits per heavy atom. The Morgan fingerprint density at radius 3 is 2.93 bits per heavy atom. The minimum absolute atomic E-state index is 0.147. The molecular formula is C9H11ClN2O2. The largest absolute Gasteiger partial charge is 0.480 e. The monoisotopic (exact) mass is 214 g/mol. The molecule has 1 rings (SSSR count). The molecule has 4 nitrogen and oxygen atoms in total. The first-order chi connectivity index (χ1) is 6.50. The van der Waals surface area contributed by atoms with Crippen molar-refractivity contribution < 1.29 is 9.90 Å². The molecule has 1 heterocycles. The van der Waals surface area contributed by atoms with Gasteiger partial charge in [-0.3, -0.25) is 9.78 Å². The van der Waals surface area contributed by atoms with Crippen LogP contribution >= 0.6 is 11.6 Å². The second kappa shape index (κ2) is 4.39. The first kappa shape index (κ1) is 10.9. The van der Waals surface area contributed by atoms with Crippen molar-refractivity contribution in [3.63, 3.8) is 0 Å². The Labute approximate surface area is 86.7 Å². The van der Waals surface area contributed by atoms with Crippen LogP contribution in [0.1, 0.15) is 11.3 Å². The van der Waals surface area contributed by atoms with Crippen molar-refractivity contribution in [2.24, 2.45) is 5.73 Å². The molecule has 76 valence electrons. The van der Waals surface area contributed by atoms with Gasteiger partial charge in [0.05, 0.1) is 10.7 Å². The average Bonchev–Trinajstić information content (AvgIpc) is 2.09. The molecular weight excluding hydrogens is 204 g/mol. The van der Waals surface area contributed by atoms with Gasteiger partial charge in [0.1, 0.15) is 6.04 Å². The van der Waals surface area contributed by atoms with E-state index in [0.717, 1.165) is 5.56 Å². The van der Waals surface area contributed by atoms with Crippen molar-refractivity contribution in [1.29, 1.82) is 0 Å². The van der Waals surface area contributed by atoms with Gasteiger partial charge in [0, 0.05) is 12.6 Å². The summed E-state index contributed by atoms with van der Waals surface area (Å²) in [6, 6.07) is 0.779. The molecule has 0 saturated carbocycles. The van der Waals surface area contributed by atoms with Gasteiger partial charge in [-0.1, -0.05) is 11.6 Å². The van der Waals surface area contributed by atoms with Crippen LogP contribution in [0.25, 0.3) is 0 Å². The lowest BCUT2D eigenvalue weighted by molar-refractivity contribution is -0.138. The highest BCUT2D eigenvalue weighted by molar-refractivity contribution is 6.31. The van der Waals surface area contributed by atoms with Crippen LogP contribution in [0.5, 0.6) is 0 Å². The number of aromatic nitrogens is 1. The highest BCUT2D eigenvalue weighted by Gasteiger charge is 2.14. The normalized spacial score (nSPS) is 12.5. The van der Waals surface area contributed by atoms with Gasteiger partial charge in [0.15, 0.2) is 0 Å². The first-order valence-electron chi connectivity index (χ1n) is 4.10. The Hall–Kier alpha value is -1.13. The van der Waals surface area contributed by atoms with E-state index < -0.39 is 12.0 Å². The Balaban J connectivity index is 2.82. The molecule has 0 spiro atoms. The summed E-state index contributed by atoms with van der Waals surface area (Å²) >= 11 is 5.87. The van der Waals surface area contributed by atoms with Crippen LogP contribution < -0.4 is 5.73 Å². The molecule has 0 saturated heterocycles. The maximum absolute atomic E-state index is 10.5. The smallest absolute Gasteiger partial charge is 0.320 e. The van der Waals surface area contributed by atoms with Gasteiger partial charge in [-0.25, -0.2) is 0 Å². The number of rotatable bonds is 3. The number of carbonyl (C=O) groups is 1. The van der Waals surface area contributed by atoms with E-state index in [1.165, 1.54) is 0 Å². The van der Waals surface area contributed by atoms with Gasteiger partial charge >= 0.3 is 5.97 Å². The van der Waals surface area contributed by atoms with Gasteiger partial charge in [0.2, 0.25) is 0 Å². The standard InChI is InChI=1S/C9H11ClN2O2/c1-5-2-6(10)8(12-4-5)3-7(11)9(13)14/h2,4,7H,3,11H2,1H3,(H,13,14). The van der Waals surface area contributed by atoms with Crippen molar-refractivity contribution in [2.75, 3.05) is 0 Å². The van der Waals surface area contributed by atoms with Gasteiger partial charge in [-0.05, 0) is 18.6 Å². The maximum atomic E-state index is 10.5. The molecule has 5 heteroatoms. The number of nitrogens with zero attached hydrogens (tertiary/aromatic N) is 1. The molecule has 1 atom stereocenters. The molecule has 0 radical (unpaired) electrons. The van der Waals surface area contributed by atoms with Crippen molar-refractivity contribution >= 4 is 17.6 Å². The summed E-state index contributed by atoms with van der Waals surface area (Å²) in [7, 11) is 0. The zero-order valence-electron chi connectivity index (χ0n) is 7.70. The SMILES string of the molecule is Cc1cnc(CC(N)C(=O)O)c(Cl)c1. The molecule has 14 heavy (non-hydrogen) atoms.